The van der Waals surface area contributed by atoms with Crippen molar-refractivity contribution in [3.63, 3.8) is 0 Å². The number of nitrogens with one attached hydrogen (secondary N) is 3. The zero-order valence-corrected chi connectivity index (χ0v) is 22.2. The first-order chi connectivity index (χ1) is 18.9. The molecule has 40 heavy (non-hydrogen) atoms. The van der Waals surface area contributed by atoms with Gasteiger partial charge in [-0.2, -0.15) is 18.2 Å². The smallest absolute Gasteiger partial charge is 0.350 e. The molecule has 1 fully saturated rings. The molecule has 0 saturated carbocycles. The first kappa shape index (κ1) is 27.8. The molecular formula is C26H26F4N6O3S. The third-order valence-corrected chi connectivity index (χ3v) is 8.03. The Hall–Kier alpha value is -3.78. The number of hydrogen-bond acceptors (Lipinski definition) is 7. The van der Waals surface area contributed by atoms with E-state index in [2.05, 4.69) is 20.6 Å². The number of halogens is 4. The van der Waals surface area contributed by atoms with Crippen LogP contribution in [0.5, 0.6) is 0 Å². The molecule has 212 valence electrons. The molecule has 3 N–H and O–H groups in total. The number of aryl methyl sites for hydroxylation is 1. The quantitative estimate of drug-likeness (QED) is 0.282. The van der Waals surface area contributed by atoms with Gasteiger partial charge in [0.25, 0.3) is 5.56 Å². The molecule has 1 unspecified atom stereocenters. The Kier molecular flexibility index (Phi) is 7.40. The van der Waals surface area contributed by atoms with E-state index in [1.165, 1.54) is 29.8 Å². The zero-order chi connectivity index (χ0) is 28.7. The minimum Gasteiger partial charge on any atom is -0.350 e. The highest BCUT2D eigenvalue weighted by atomic mass is 32.2. The van der Waals surface area contributed by atoms with Crippen molar-refractivity contribution in [2.75, 3.05) is 28.9 Å². The number of sulfonamides is 1. The predicted molar refractivity (Wildman–Crippen MR) is 145 cm³/mol. The van der Waals surface area contributed by atoms with Crippen LogP contribution in [0.25, 0.3) is 32.9 Å². The second kappa shape index (κ2) is 10.7. The summed E-state index contributed by atoms with van der Waals surface area (Å²) >= 11 is 0. The minimum absolute atomic E-state index is 0.0899. The van der Waals surface area contributed by atoms with Gasteiger partial charge in [-0.1, -0.05) is 24.3 Å². The predicted octanol–water partition coefficient (Wildman–Crippen LogP) is 4.15. The molecular weight excluding hydrogens is 552 g/mol. The lowest BCUT2D eigenvalue weighted by molar-refractivity contribution is -0.129. The number of rotatable bonds is 7. The summed E-state index contributed by atoms with van der Waals surface area (Å²) in [6.07, 6.45) is -2.73. The minimum atomic E-state index is -4.69. The molecule has 1 aliphatic heterocycles. The molecule has 1 aliphatic rings. The first-order valence-corrected chi connectivity index (χ1v) is 14.2. The van der Waals surface area contributed by atoms with Crippen molar-refractivity contribution < 1.29 is 26.0 Å². The molecule has 0 amide bonds. The summed E-state index contributed by atoms with van der Waals surface area (Å²) in [5, 5.41) is 7.51. The fraction of sp³-hybridized carbons (Fsp3) is 0.346. The molecule has 0 aliphatic carbocycles. The molecule has 3 heterocycles. The van der Waals surface area contributed by atoms with Crippen molar-refractivity contribution in [1.29, 1.82) is 0 Å². The van der Waals surface area contributed by atoms with Gasteiger partial charge >= 0.3 is 6.18 Å². The van der Waals surface area contributed by atoms with E-state index in [4.69, 9.17) is 0 Å². The number of anilines is 2. The van der Waals surface area contributed by atoms with E-state index in [0.29, 0.717) is 22.4 Å². The Balaban J connectivity index is 1.56. The SMILES string of the molecule is Cn1c(=O)c(-c2cc(F)c(NS(=O)(=O)CCC(F)(F)F)c3ccccc23)cc2cnc(NC3CCCNC3)nc21. The van der Waals surface area contributed by atoms with Crippen LogP contribution >= 0.6 is 0 Å². The van der Waals surface area contributed by atoms with E-state index in [-0.39, 0.29) is 22.6 Å². The van der Waals surface area contributed by atoms with Crippen LogP contribution in [0.2, 0.25) is 0 Å². The summed E-state index contributed by atoms with van der Waals surface area (Å²) in [6.45, 7) is 1.72. The van der Waals surface area contributed by atoms with E-state index in [1.807, 2.05) is 4.72 Å². The molecule has 0 spiro atoms. The Bertz CT molecular complexity index is 1750. The molecule has 2 aromatic heterocycles. The first-order valence-electron chi connectivity index (χ1n) is 12.5. The maximum Gasteiger partial charge on any atom is 0.390 e. The van der Waals surface area contributed by atoms with Gasteiger partial charge in [0.05, 0.1) is 17.9 Å². The van der Waals surface area contributed by atoms with Crippen LogP contribution in [0, 0.1) is 5.82 Å². The summed E-state index contributed by atoms with van der Waals surface area (Å²) in [6, 6.07) is 8.85. The van der Waals surface area contributed by atoms with E-state index in [9.17, 15) is 26.4 Å². The van der Waals surface area contributed by atoms with Crippen molar-refractivity contribution in [3.05, 3.63) is 58.8 Å². The van der Waals surface area contributed by atoms with Crippen LogP contribution in [0.4, 0.5) is 29.2 Å². The highest BCUT2D eigenvalue weighted by Crippen LogP contribution is 2.36. The van der Waals surface area contributed by atoms with Gasteiger partial charge in [-0.3, -0.25) is 14.1 Å². The number of aromatic nitrogens is 3. The normalized spacial score (nSPS) is 16.4. The maximum atomic E-state index is 15.4. The summed E-state index contributed by atoms with van der Waals surface area (Å²) < 4.78 is 81.2. The largest absolute Gasteiger partial charge is 0.390 e. The standard InChI is InChI=1S/C26H26F4N6O3S/c1-36-23-15(13-32-25(34-23)33-16-5-4-9-31-14-16)11-20(24(36)37)19-12-21(27)22(18-7-3-2-6-17(18)19)35-40(38,39)10-8-26(28,29)30/h2-3,6-7,11-13,16,31,35H,4-5,8-10,14H2,1H3,(H,32,33,34). The van der Waals surface area contributed by atoms with Crippen LogP contribution in [0.3, 0.4) is 0 Å². The average molecular weight is 579 g/mol. The van der Waals surface area contributed by atoms with Crippen LogP contribution in [0.15, 0.2) is 47.4 Å². The van der Waals surface area contributed by atoms with E-state index >= 15 is 4.39 Å². The van der Waals surface area contributed by atoms with Crippen LogP contribution in [-0.2, 0) is 17.1 Å². The van der Waals surface area contributed by atoms with Gasteiger partial charge in [0.2, 0.25) is 16.0 Å². The zero-order valence-electron chi connectivity index (χ0n) is 21.3. The maximum absolute atomic E-state index is 15.4. The second-order valence-electron chi connectivity index (χ2n) is 9.69. The van der Waals surface area contributed by atoms with Crippen molar-refractivity contribution in [2.45, 2.75) is 31.5 Å². The number of alkyl halides is 3. The Labute approximate surface area is 226 Å². The number of pyridine rings is 1. The molecule has 1 saturated heterocycles. The fourth-order valence-electron chi connectivity index (χ4n) is 4.79. The molecule has 9 nitrogen and oxygen atoms in total. The highest BCUT2D eigenvalue weighted by molar-refractivity contribution is 7.92. The summed E-state index contributed by atoms with van der Waals surface area (Å²) in [5.41, 5.74) is -0.287. The van der Waals surface area contributed by atoms with Crippen LogP contribution < -0.4 is 20.9 Å². The van der Waals surface area contributed by atoms with Crippen LogP contribution in [-0.4, -0.2) is 54.0 Å². The van der Waals surface area contributed by atoms with Crippen molar-refractivity contribution in [2.24, 2.45) is 7.05 Å². The van der Waals surface area contributed by atoms with Gasteiger partial charge in [-0.15, -0.1) is 0 Å². The van der Waals surface area contributed by atoms with Gasteiger partial charge < -0.3 is 10.6 Å². The Morgan fingerprint density at radius 2 is 1.90 bits per heavy atom. The van der Waals surface area contributed by atoms with Crippen molar-refractivity contribution in [3.8, 4) is 11.1 Å². The molecule has 0 bridgehead atoms. The summed E-state index contributed by atoms with van der Waals surface area (Å²) in [5.74, 6) is -1.92. The number of hydrogen-bond donors (Lipinski definition) is 3. The van der Waals surface area contributed by atoms with Crippen molar-refractivity contribution in [1.82, 2.24) is 19.9 Å². The molecule has 0 radical (unpaired) electrons. The third-order valence-electron chi connectivity index (χ3n) is 6.78. The van der Waals surface area contributed by atoms with Gasteiger partial charge in [-0.05, 0) is 42.5 Å². The third kappa shape index (κ3) is 5.87. The summed E-state index contributed by atoms with van der Waals surface area (Å²) in [4.78, 5) is 22.4. The van der Waals surface area contributed by atoms with E-state index < -0.39 is 45.4 Å². The van der Waals surface area contributed by atoms with Gasteiger partial charge in [-0.25, -0.2) is 17.8 Å². The Morgan fingerprint density at radius 1 is 1.15 bits per heavy atom. The molecule has 4 aromatic rings. The lowest BCUT2D eigenvalue weighted by Crippen LogP contribution is -2.38. The fourth-order valence-corrected chi connectivity index (χ4v) is 5.91. The number of piperidine rings is 1. The van der Waals surface area contributed by atoms with Crippen molar-refractivity contribution >= 4 is 43.5 Å². The summed E-state index contributed by atoms with van der Waals surface area (Å²) in [7, 11) is -2.98. The van der Waals surface area contributed by atoms with E-state index in [1.54, 1.807) is 18.3 Å². The van der Waals surface area contributed by atoms with Crippen LogP contribution in [0.1, 0.15) is 19.3 Å². The highest BCUT2D eigenvalue weighted by Gasteiger charge is 2.30. The topological polar surface area (TPSA) is 118 Å². The lowest BCUT2D eigenvalue weighted by Gasteiger charge is -2.23. The number of nitrogens with zero attached hydrogens (tertiary/aromatic N) is 3. The second-order valence-corrected chi connectivity index (χ2v) is 11.5. The monoisotopic (exact) mass is 578 g/mol. The Morgan fingerprint density at radius 3 is 2.60 bits per heavy atom. The molecule has 5 rings (SSSR count). The van der Waals surface area contributed by atoms with Gasteiger partial charge in [0.1, 0.15) is 11.5 Å². The lowest BCUT2D eigenvalue weighted by atomic mass is 9.97. The van der Waals surface area contributed by atoms with E-state index in [0.717, 1.165) is 32.0 Å². The molecule has 14 heteroatoms. The average Bonchev–Trinajstić information content (AvgIpc) is 2.92. The van der Waals surface area contributed by atoms with Gasteiger partial charge in [0, 0.05) is 42.2 Å². The number of benzene rings is 2. The van der Waals surface area contributed by atoms with Gasteiger partial charge in [0.15, 0.2) is 0 Å². The molecule has 2 aromatic carbocycles. The molecule has 1 atom stereocenters. The number of fused-ring (bicyclic) bond motifs is 2.